The molecule has 0 bridgehead atoms. The lowest BCUT2D eigenvalue weighted by Crippen LogP contribution is -2.43. The highest BCUT2D eigenvalue weighted by Gasteiger charge is 2.39. The minimum absolute atomic E-state index is 0.0710. The van der Waals surface area contributed by atoms with Crippen LogP contribution < -0.4 is 10.0 Å². The Labute approximate surface area is 261 Å². The molecule has 0 heterocycles. The van der Waals surface area contributed by atoms with Crippen molar-refractivity contribution in [3.8, 4) is 0 Å². The molecule has 0 fully saturated rings. The van der Waals surface area contributed by atoms with E-state index in [1.54, 1.807) is 30.3 Å². The maximum absolute atomic E-state index is 13.4. The fraction of sp³-hybridized carbons (Fsp3) is 0.0857. The highest BCUT2D eigenvalue weighted by atomic mass is 32.2. The summed E-state index contributed by atoms with van der Waals surface area (Å²) < 4.78 is 28.3. The van der Waals surface area contributed by atoms with Gasteiger partial charge in [-0.05, 0) is 53.1 Å². The number of nitrogens with one attached hydrogen (secondary N) is 2. The van der Waals surface area contributed by atoms with Crippen molar-refractivity contribution in [3.05, 3.63) is 168 Å². The summed E-state index contributed by atoms with van der Waals surface area (Å²) in [7, 11) is -4.22. The van der Waals surface area contributed by atoms with Crippen molar-refractivity contribution in [1.29, 1.82) is 0 Å². The standard InChI is InChI=1S/C35H30N2O5S2/c38-33(26-13-5-1-6-14-26)36-30-21-23-31(24-22-30)44(41,42)37-32(34(39)40)25-43-35(27-15-7-2-8-16-27,28-17-9-3-10-18-28)29-19-11-4-12-20-29/h1-24,32,37H,25H2,(H,36,38)(H,39,40)/t32-/m0/s1. The van der Waals surface area contributed by atoms with Crippen molar-refractivity contribution < 1.29 is 23.1 Å². The first kappa shape index (κ1) is 30.7. The second-order valence-electron chi connectivity index (χ2n) is 9.95. The SMILES string of the molecule is O=C(Nc1ccc(S(=O)(=O)N[C@@H](CSC(c2ccccc2)(c2ccccc2)c2ccccc2)C(=O)O)cc1)c1ccccc1. The lowest BCUT2D eigenvalue weighted by atomic mass is 9.84. The zero-order valence-corrected chi connectivity index (χ0v) is 25.2. The fourth-order valence-corrected chi connectivity index (χ4v) is 7.74. The molecule has 0 unspecified atom stereocenters. The Hall–Kier alpha value is -4.70. The van der Waals surface area contributed by atoms with Crippen molar-refractivity contribution >= 4 is 39.3 Å². The number of carboxylic acids is 1. The minimum Gasteiger partial charge on any atom is -0.480 e. The number of amides is 1. The topological polar surface area (TPSA) is 113 Å². The summed E-state index contributed by atoms with van der Waals surface area (Å²) in [5, 5.41) is 12.9. The Balaban J connectivity index is 1.40. The summed E-state index contributed by atoms with van der Waals surface area (Å²) in [6, 6.07) is 42.1. The molecule has 0 aliphatic rings. The number of carbonyl (C=O) groups excluding carboxylic acids is 1. The maximum Gasteiger partial charge on any atom is 0.322 e. The van der Waals surface area contributed by atoms with Gasteiger partial charge in [-0.3, -0.25) is 9.59 Å². The molecule has 0 aromatic heterocycles. The Bertz CT molecular complexity index is 1710. The average molecular weight is 623 g/mol. The van der Waals surface area contributed by atoms with Crippen LogP contribution in [0, 0.1) is 0 Å². The molecule has 1 atom stereocenters. The van der Waals surface area contributed by atoms with E-state index in [0.717, 1.165) is 16.7 Å². The van der Waals surface area contributed by atoms with E-state index in [0.29, 0.717) is 11.3 Å². The number of carbonyl (C=O) groups is 2. The van der Waals surface area contributed by atoms with Crippen LogP contribution in [0.15, 0.2) is 150 Å². The normalized spacial score (nSPS) is 12.3. The van der Waals surface area contributed by atoms with Gasteiger partial charge in [-0.2, -0.15) is 4.72 Å². The summed E-state index contributed by atoms with van der Waals surface area (Å²) >= 11 is 1.35. The number of thioether (sulfide) groups is 1. The van der Waals surface area contributed by atoms with Crippen molar-refractivity contribution in [2.75, 3.05) is 11.1 Å². The molecule has 7 nitrogen and oxygen atoms in total. The van der Waals surface area contributed by atoms with Crippen LogP contribution in [0.4, 0.5) is 5.69 Å². The van der Waals surface area contributed by atoms with Crippen molar-refractivity contribution in [3.63, 3.8) is 0 Å². The molecule has 44 heavy (non-hydrogen) atoms. The van der Waals surface area contributed by atoms with Gasteiger partial charge in [0.25, 0.3) is 5.91 Å². The third-order valence-electron chi connectivity index (χ3n) is 7.06. The number of rotatable bonds is 12. The van der Waals surface area contributed by atoms with Gasteiger partial charge in [-0.1, -0.05) is 109 Å². The molecule has 0 spiro atoms. The fourth-order valence-electron chi connectivity index (χ4n) is 4.90. The minimum atomic E-state index is -4.22. The third-order valence-corrected chi connectivity index (χ3v) is 10.2. The van der Waals surface area contributed by atoms with E-state index in [2.05, 4.69) is 10.0 Å². The van der Waals surface area contributed by atoms with Gasteiger partial charge in [0.05, 0.1) is 9.64 Å². The van der Waals surface area contributed by atoms with Gasteiger partial charge in [-0.25, -0.2) is 8.42 Å². The van der Waals surface area contributed by atoms with E-state index in [-0.39, 0.29) is 16.6 Å². The van der Waals surface area contributed by atoms with E-state index in [1.807, 2.05) is 91.0 Å². The zero-order valence-electron chi connectivity index (χ0n) is 23.5. The van der Waals surface area contributed by atoms with Crippen LogP contribution in [0.1, 0.15) is 27.0 Å². The molecule has 0 aliphatic heterocycles. The van der Waals surface area contributed by atoms with Gasteiger partial charge < -0.3 is 10.4 Å². The zero-order chi connectivity index (χ0) is 31.0. The number of hydrogen-bond donors (Lipinski definition) is 3. The highest BCUT2D eigenvalue weighted by Crippen LogP contribution is 2.48. The molecule has 0 radical (unpaired) electrons. The average Bonchev–Trinajstić information content (AvgIpc) is 3.06. The Kier molecular flexibility index (Phi) is 9.59. The number of aliphatic carboxylic acids is 1. The number of sulfonamides is 1. The Morgan fingerprint density at radius 2 is 1.09 bits per heavy atom. The molecule has 3 N–H and O–H groups in total. The molecule has 5 aromatic carbocycles. The summed E-state index contributed by atoms with van der Waals surface area (Å²) in [6.07, 6.45) is 0. The Morgan fingerprint density at radius 3 is 1.52 bits per heavy atom. The predicted octanol–water partition coefficient (Wildman–Crippen LogP) is 6.40. The van der Waals surface area contributed by atoms with E-state index < -0.39 is 26.8 Å². The number of benzene rings is 5. The van der Waals surface area contributed by atoms with Crippen molar-refractivity contribution in [2.24, 2.45) is 0 Å². The summed E-state index contributed by atoms with van der Waals surface area (Å²) in [6.45, 7) is 0. The summed E-state index contributed by atoms with van der Waals surface area (Å²) in [5.74, 6) is -1.70. The monoisotopic (exact) mass is 622 g/mol. The first-order valence-corrected chi connectivity index (χ1v) is 16.3. The summed E-state index contributed by atoms with van der Waals surface area (Å²) in [5.41, 5.74) is 3.67. The van der Waals surface area contributed by atoms with Crippen molar-refractivity contribution in [2.45, 2.75) is 15.7 Å². The molecule has 0 aliphatic carbocycles. The smallest absolute Gasteiger partial charge is 0.322 e. The lowest BCUT2D eigenvalue weighted by molar-refractivity contribution is -0.138. The summed E-state index contributed by atoms with van der Waals surface area (Å²) in [4.78, 5) is 24.8. The van der Waals surface area contributed by atoms with E-state index >= 15 is 0 Å². The van der Waals surface area contributed by atoms with Crippen LogP contribution in [-0.2, 0) is 19.6 Å². The van der Waals surface area contributed by atoms with Gasteiger partial charge in [-0.15, -0.1) is 11.8 Å². The van der Waals surface area contributed by atoms with E-state index in [9.17, 15) is 23.1 Å². The maximum atomic E-state index is 13.4. The number of carboxylic acid groups (broad SMARTS) is 1. The molecule has 222 valence electrons. The molecular weight excluding hydrogens is 593 g/mol. The third kappa shape index (κ3) is 6.92. The van der Waals surface area contributed by atoms with Crippen LogP contribution in [0.2, 0.25) is 0 Å². The molecule has 5 aromatic rings. The largest absolute Gasteiger partial charge is 0.480 e. The lowest BCUT2D eigenvalue weighted by Gasteiger charge is -2.36. The van der Waals surface area contributed by atoms with Crippen LogP contribution in [0.25, 0.3) is 0 Å². The molecule has 5 rings (SSSR count). The van der Waals surface area contributed by atoms with Gasteiger partial charge in [0, 0.05) is 17.0 Å². The van der Waals surface area contributed by atoms with Crippen LogP contribution in [-0.4, -0.2) is 37.2 Å². The predicted molar refractivity (Wildman–Crippen MR) is 174 cm³/mol. The number of hydrogen-bond acceptors (Lipinski definition) is 5. The van der Waals surface area contributed by atoms with E-state index in [4.69, 9.17) is 0 Å². The first-order valence-electron chi connectivity index (χ1n) is 13.8. The van der Waals surface area contributed by atoms with Gasteiger partial charge in [0.15, 0.2) is 0 Å². The molecule has 0 saturated carbocycles. The van der Waals surface area contributed by atoms with Crippen LogP contribution in [0.3, 0.4) is 0 Å². The van der Waals surface area contributed by atoms with E-state index in [1.165, 1.54) is 36.0 Å². The van der Waals surface area contributed by atoms with Gasteiger partial charge >= 0.3 is 5.97 Å². The highest BCUT2D eigenvalue weighted by molar-refractivity contribution is 8.00. The van der Waals surface area contributed by atoms with Crippen LogP contribution in [0.5, 0.6) is 0 Å². The number of anilines is 1. The quantitative estimate of drug-likeness (QED) is 0.139. The second kappa shape index (κ2) is 13.7. The first-order chi connectivity index (χ1) is 21.3. The van der Waals surface area contributed by atoms with Crippen molar-refractivity contribution in [1.82, 2.24) is 4.72 Å². The second-order valence-corrected chi connectivity index (χ2v) is 12.9. The van der Waals surface area contributed by atoms with Gasteiger partial charge in [0.2, 0.25) is 10.0 Å². The molecule has 9 heteroatoms. The molecular formula is C35H30N2O5S2. The molecule has 0 saturated heterocycles. The van der Waals surface area contributed by atoms with Gasteiger partial charge in [0.1, 0.15) is 6.04 Å². The Morgan fingerprint density at radius 1 is 0.659 bits per heavy atom. The molecule has 1 amide bonds. The van der Waals surface area contributed by atoms with Crippen LogP contribution >= 0.6 is 11.8 Å².